The van der Waals surface area contributed by atoms with Gasteiger partial charge in [0.2, 0.25) is 0 Å². The van der Waals surface area contributed by atoms with Crippen molar-refractivity contribution >= 4 is 129 Å². The van der Waals surface area contributed by atoms with E-state index in [1.807, 2.05) is 71.6 Å². The van der Waals surface area contributed by atoms with Crippen molar-refractivity contribution in [2.45, 2.75) is 411 Å². The molecule has 0 N–H and O–H groups in total. The molecule has 0 aromatic heterocycles. The molecular weight excluding hydrogens is 2010 g/mol. The van der Waals surface area contributed by atoms with E-state index in [1.165, 1.54) is 103 Å². The van der Waals surface area contributed by atoms with Crippen molar-refractivity contribution in [3.8, 4) is 0 Å². The van der Waals surface area contributed by atoms with Gasteiger partial charge < -0.3 is 9.47 Å². The second-order valence-corrected chi connectivity index (χ2v) is 67.7. The number of halogens is 4. The number of ether oxygens (including phenoxy) is 2. The molecule has 808 valence electrons. The minimum absolute atomic E-state index is 0. The fraction of sp³-hybridized carbons (Fsp3) is 0.806. The summed E-state index contributed by atoms with van der Waals surface area (Å²) in [4.78, 5) is 0. The first kappa shape index (κ1) is 125. The van der Waals surface area contributed by atoms with Gasteiger partial charge in [-0.05, 0) is 323 Å². The van der Waals surface area contributed by atoms with Crippen molar-refractivity contribution in [3.05, 3.63) is 121 Å². The zero-order valence-electron chi connectivity index (χ0n) is 90.8. The molecule has 2 aliphatic heterocycles. The molecule has 12 aliphatic carbocycles. The van der Waals surface area contributed by atoms with Gasteiger partial charge >= 0.3 is 0 Å². The summed E-state index contributed by atoms with van der Waals surface area (Å²) in [6.07, 6.45) is 118. The van der Waals surface area contributed by atoms with E-state index in [2.05, 4.69) is 70.9 Å². The Hall–Kier alpha value is 1.31. The fourth-order valence-corrected chi connectivity index (χ4v) is 60.6. The molecule has 2 heterocycles. The van der Waals surface area contributed by atoms with E-state index >= 15 is 0 Å². The minimum atomic E-state index is -0.508. The van der Waals surface area contributed by atoms with Crippen molar-refractivity contribution < 1.29 is 43.6 Å². The molecule has 0 bridgehead atoms. The zero-order valence-corrected chi connectivity index (χ0v) is 102. The van der Waals surface area contributed by atoms with E-state index in [4.69, 9.17) is 55.9 Å². The van der Waals surface area contributed by atoms with Crippen LogP contribution in [-0.2, 0) is 43.6 Å². The van der Waals surface area contributed by atoms with E-state index in [9.17, 15) is 0 Å². The van der Waals surface area contributed by atoms with Gasteiger partial charge in [-0.1, -0.05) is 365 Å². The summed E-state index contributed by atoms with van der Waals surface area (Å²) in [5, 5.41) is 8.59. The van der Waals surface area contributed by atoms with Crippen LogP contribution in [0, 0.1) is 71.0 Å². The molecular formula is C124H214B2Cl4Fe2N2O2P6+4. The van der Waals surface area contributed by atoms with Gasteiger partial charge in [-0.3, -0.25) is 0 Å². The van der Waals surface area contributed by atoms with Crippen LogP contribution in [0.25, 0.3) is 0 Å². The van der Waals surface area contributed by atoms with Gasteiger partial charge in [0.1, 0.15) is 12.3 Å². The van der Waals surface area contributed by atoms with Gasteiger partial charge in [0.05, 0.1) is 96.0 Å². The smallest absolute Gasteiger partial charge is 0.146 e. The maximum atomic E-state index is 4.94. The summed E-state index contributed by atoms with van der Waals surface area (Å²) in [5.74, 6) is 13.0. The Balaban J connectivity index is 0.000000223. The quantitative estimate of drug-likeness (QED) is 0.0193. The Morgan fingerprint density at radius 1 is 0.190 bits per heavy atom. The third kappa shape index (κ3) is 50.7. The van der Waals surface area contributed by atoms with Gasteiger partial charge in [-0.25, -0.2) is 0 Å². The Morgan fingerprint density at radius 3 is 0.437 bits per heavy atom. The van der Waals surface area contributed by atoms with Crippen molar-refractivity contribution in [2.75, 3.05) is 147 Å². The topological polar surface area (TPSA) is 43.2 Å². The van der Waals surface area contributed by atoms with Crippen molar-refractivity contribution in [1.29, 1.82) is 0 Å². The number of hydrogen-bond donors (Lipinski definition) is 0. The van der Waals surface area contributed by atoms with Crippen molar-refractivity contribution in [1.82, 2.24) is 0 Å². The number of azo groups is 1. The molecule has 4 aromatic rings. The van der Waals surface area contributed by atoms with E-state index in [0.29, 0.717) is 0 Å². The monoisotopic (exact) mass is 2220 g/mol. The van der Waals surface area contributed by atoms with Crippen LogP contribution in [0.5, 0.6) is 0 Å². The average molecular weight is 2230 g/mol. The van der Waals surface area contributed by atoms with Crippen molar-refractivity contribution in [3.63, 3.8) is 0 Å². The molecule has 0 radical (unpaired) electrons. The predicted molar refractivity (Wildman–Crippen MR) is 650 cm³/mol. The maximum Gasteiger partial charge on any atom is 0.146 e. The molecule has 142 heavy (non-hydrogen) atoms. The molecule has 0 unspecified atom stereocenters. The largest absolute Gasteiger partial charge is 0.381 e. The van der Waals surface area contributed by atoms with Gasteiger partial charge in [-0.2, -0.15) is 21.2 Å². The minimum Gasteiger partial charge on any atom is -0.381 e. The Labute approximate surface area is 924 Å². The van der Waals surface area contributed by atoms with Gasteiger partial charge in [0.25, 0.3) is 0 Å². The van der Waals surface area contributed by atoms with Crippen molar-refractivity contribution in [2.24, 2.45) is 81.2 Å². The molecule has 4 nitrogen and oxygen atoms in total. The predicted octanol–water partition coefficient (Wildman–Crippen LogP) is 38.7. The molecule has 0 spiro atoms. The number of benzene rings is 4. The van der Waals surface area contributed by atoms with Crippen LogP contribution in [0.1, 0.15) is 411 Å². The summed E-state index contributed by atoms with van der Waals surface area (Å²) < 4.78 is 9.89. The summed E-state index contributed by atoms with van der Waals surface area (Å²) in [5.41, 5.74) is 5.64. The molecule has 14 fully saturated rings. The van der Waals surface area contributed by atoms with Crippen LogP contribution < -0.4 is 10.9 Å². The molecule has 18 rings (SSSR count). The molecule has 12 saturated carbocycles. The van der Waals surface area contributed by atoms with Crippen LogP contribution in [0.3, 0.4) is 0 Å². The third-order valence-electron chi connectivity index (χ3n) is 38.2. The number of rotatable bonds is 40. The molecule has 2 saturated heterocycles. The van der Waals surface area contributed by atoms with Crippen LogP contribution in [0.4, 0.5) is 11.4 Å². The summed E-state index contributed by atoms with van der Waals surface area (Å²) in [6.45, 7) is 4.00. The molecule has 18 heteroatoms. The van der Waals surface area contributed by atoms with Crippen LogP contribution in [0.15, 0.2) is 132 Å². The second kappa shape index (κ2) is 77.6. The first-order valence-electron chi connectivity index (χ1n) is 61.6. The van der Waals surface area contributed by atoms with Gasteiger partial charge in [-0.15, -0.1) is 46.4 Å². The number of nitrogens with zero attached hydrogens (tertiary/aromatic N) is 2. The molecule has 0 amide bonds. The Morgan fingerprint density at radius 2 is 0.317 bits per heavy atom. The number of hydrogen-bond acceptors (Lipinski definition) is 4. The average Bonchev–Trinajstić information content (AvgIpc) is 0.808. The van der Waals surface area contributed by atoms with E-state index in [0.717, 1.165) is 109 Å². The van der Waals surface area contributed by atoms with Crippen LogP contribution in [-0.4, -0.2) is 160 Å². The van der Waals surface area contributed by atoms with Crippen LogP contribution in [0.2, 0.25) is 0 Å². The molecule has 14 aliphatic rings. The number of alkyl halides is 4. The first-order valence-corrected chi connectivity index (χ1v) is 76.5. The molecule has 0 atom stereocenters. The summed E-state index contributed by atoms with van der Waals surface area (Å²) >= 11 is 19.1. The summed E-state index contributed by atoms with van der Waals surface area (Å²) in [6, 6.07) is 55.9. The van der Waals surface area contributed by atoms with Crippen LogP contribution >= 0.6 is 93.9 Å². The van der Waals surface area contributed by atoms with E-state index in [-0.39, 0.29) is 44.8 Å². The Kier molecular flexibility index (Phi) is 68.4. The van der Waals surface area contributed by atoms with Gasteiger partial charge in [0, 0.05) is 60.6 Å². The zero-order chi connectivity index (χ0) is 96.9. The standard InChI is InChI=1S/2C51H89BP3.C12H10N2.2C4H8O.2CH2Cl2.2Fe/c2*1-8-22-45(23-9-1)36-53(37-46-24-10-2-11-25-46)42-52(51-34-20-7-21-35-51,43-54(38-47-26-12-3-13-27-47)39-48-28-14-4-15-29-48)44-55(40-49-30-16-5-17-31-49)41-50-32-18-6-19-33-50;1-3-7-11(8-4-1)13-14-12-9-5-2-6-10-12;2*1-2-4-5-3-1;2*2-1-3;;/h2*7,20-21,34-35,45-50H,1-6,8-19,22-33,36-44H2;1-10H;2*1-4H2;2*1H2;;/q2*-1;;;;;;;/p+6. The maximum absolute atomic E-state index is 4.94. The molecule has 4 aromatic carbocycles. The first-order chi connectivity index (χ1) is 69.2. The normalized spacial score (nSPS) is 21.8. The SMILES string of the molecule is C1CCOC1.C1CCOC1.ClCCl.ClCCl.[Fe].[Fe].c1ccc(N=Nc2ccccc2)cc1.c1ccc([B-](C[PH+](CC2CCCCC2)CC2CCCCC2)(C[PH+](CC2CCCCC2)CC2CCCCC2)C[PH+](CC2CCCCC2)CC2CCCCC2)cc1.c1ccc([B-](C[PH+](CC2CCCCC2)CC2CCCCC2)(C[PH+](CC2CCCCC2)CC2CCCCC2)C[PH+](CC2CCCCC2)CC2CCCCC2)cc1. The Bertz CT molecular complexity index is 3050. The second-order valence-electron chi connectivity index (χ2n) is 49.7. The van der Waals surface area contributed by atoms with E-state index in [1.54, 1.807) is 419 Å². The third-order valence-corrected chi connectivity index (χ3v) is 60.2. The van der Waals surface area contributed by atoms with E-state index < -0.39 is 59.8 Å². The summed E-state index contributed by atoms with van der Waals surface area (Å²) in [7, 11) is -2.43. The van der Waals surface area contributed by atoms with Gasteiger partial charge in [0.15, 0.2) is 0 Å². The fourth-order valence-electron chi connectivity index (χ4n) is 31.4.